The molecule has 128 valence electrons. The molecule has 0 aliphatic heterocycles. The van der Waals surface area contributed by atoms with Crippen molar-refractivity contribution in [2.75, 3.05) is 11.9 Å². The fourth-order valence-electron chi connectivity index (χ4n) is 2.67. The molecule has 2 aromatic carbocycles. The summed E-state index contributed by atoms with van der Waals surface area (Å²) in [6, 6.07) is 13.5. The first kappa shape index (κ1) is 17.1. The van der Waals surface area contributed by atoms with Gasteiger partial charge in [-0.15, -0.1) is 0 Å². The quantitative estimate of drug-likeness (QED) is 0.529. The monoisotopic (exact) mass is 357 g/mol. The number of benzene rings is 2. The molecule has 0 saturated heterocycles. The number of rotatable bonds is 5. The molecule has 3 aromatic rings. The standard InChI is InChI=1S/C18H16ClN3O3/c1-18(23,12-4-2-5-13(19)10-12)11-21-16-8-7-15-14(6-3-9-20-15)17(16)22(24)25/h2-10,21,23H,11H2,1H3. The summed E-state index contributed by atoms with van der Waals surface area (Å²) >= 11 is 5.97. The third-order valence-corrected chi connectivity index (χ3v) is 4.24. The molecule has 3 rings (SSSR count). The molecule has 1 aromatic heterocycles. The second-order valence-electron chi connectivity index (χ2n) is 5.93. The Morgan fingerprint density at radius 3 is 2.80 bits per heavy atom. The Hall–Kier alpha value is -2.70. The van der Waals surface area contributed by atoms with Gasteiger partial charge in [-0.3, -0.25) is 15.1 Å². The third kappa shape index (κ3) is 3.55. The predicted octanol–water partition coefficient (Wildman–Crippen LogP) is 4.12. The summed E-state index contributed by atoms with van der Waals surface area (Å²) in [6.45, 7) is 1.71. The van der Waals surface area contributed by atoms with Crippen LogP contribution in [0.4, 0.5) is 11.4 Å². The van der Waals surface area contributed by atoms with Crippen molar-refractivity contribution in [2.45, 2.75) is 12.5 Å². The van der Waals surface area contributed by atoms with Gasteiger partial charge in [0.05, 0.1) is 15.8 Å². The number of nitro benzene ring substituents is 1. The molecule has 0 saturated carbocycles. The number of aromatic nitrogens is 1. The Morgan fingerprint density at radius 1 is 1.28 bits per heavy atom. The predicted molar refractivity (Wildman–Crippen MR) is 97.9 cm³/mol. The van der Waals surface area contributed by atoms with Crippen LogP contribution in [0.15, 0.2) is 54.7 Å². The molecule has 0 aliphatic rings. The minimum Gasteiger partial charge on any atom is -0.384 e. The molecule has 0 fully saturated rings. The van der Waals surface area contributed by atoms with Crippen LogP contribution in [0.3, 0.4) is 0 Å². The molecule has 25 heavy (non-hydrogen) atoms. The SMILES string of the molecule is CC(O)(CNc1ccc2ncccc2c1[N+](=O)[O-])c1cccc(Cl)c1. The summed E-state index contributed by atoms with van der Waals surface area (Å²) in [5, 5.41) is 26.2. The zero-order valence-corrected chi connectivity index (χ0v) is 14.2. The highest BCUT2D eigenvalue weighted by Gasteiger charge is 2.25. The molecule has 1 atom stereocenters. The molecule has 1 unspecified atom stereocenters. The Kier molecular flexibility index (Phi) is 4.57. The van der Waals surface area contributed by atoms with Crippen LogP contribution in [0, 0.1) is 10.1 Å². The van der Waals surface area contributed by atoms with Crippen LogP contribution < -0.4 is 5.32 Å². The number of fused-ring (bicyclic) bond motifs is 1. The van der Waals surface area contributed by atoms with Gasteiger partial charge in [0, 0.05) is 17.8 Å². The van der Waals surface area contributed by atoms with Crippen molar-refractivity contribution in [3.05, 3.63) is 75.4 Å². The fourth-order valence-corrected chi connectivity index (χ4v) is 2.86. The van der Waals surface area contributed by atoms with E-state index in [0.717, 1.165) is 0 Å². The van der Waals surface area contributed by atoms with Gasteiger partial charge in [0.15, 0.2) is 0 Å². The van der Waals surface area contributed by atoms with E-state index in [4.69, 9.17) is 11.6 Å². The van der Waals surface area contributed by atoms with E-state index >= 15 is 0 Å². The lowest BCUT2D eigenvalue weighted by Gasteiger charge is -2.25. The van der Waals surface area contributed by atoms with E-state index in [-0.39, 0.29) is 12.2 Å². The van der Waals surface area contributed by atoms with E-state index in [1.165, 1.54) is 0 Å². The summed E-state index contributed by atoms with van der Waals surface area (Å²) in [7, 11) is 0. The lowest BCUT2D eigenvalue weighted by Crippen LogP contribution is -2.30. The summed E-state index contributed by atoms with van der Waals surface area (Å²) in [5.41, 5.74) is 0.183. The Bertz CT molecular complexity index is 944. The zero-order valence-electron chi connectivity index (χ0n) is 13.4. The topological polar surface area (TPSA) is 88.3 Å². The van der Waals surface area contributed by atoms with E-state index in [2.05, 4.69) is 10.3 Å². The minimum atomic E-state index is -1.25. The first-order valence-electron chi connectivity index (χ1n) is 7.63. The lowest BCUT2D eigenvalue weighted by molar-refractivity contribution is -0.382. The van der Waals surface area contributed by atoms with E-state index < -0.39 is 10.5 Å². The van der Waals surface area contributed by atoms with E-state index in [9.17, 15) is 15.2 Å². The average Bonchev–Trinajstić information content (AvgIpc) is 2.59. The van der Waals surface area contributed by atoms with Crippen LogP contribution in [0.1, 0.15) is 12.5 Å². The molecule has 2 N–H and O–H groups in total. The number of halogens is 1. The lowest BCUT2D eigenvalue weighted by atomic mass is 9.96. The number of pyridine rings is 1. The van der Waals surface area contributed by atoms with Crippen LogP contribution in [-0.4, -0.2) is 21.6 Å². The highest BCUT2D eigenvalue weighted by atomic mass is 35.5. The van der Waals surface area contributed by atoms with Crippen molar-refractivity contribution in [3.8, 4) is 0 Å². The smallest absolute Gasteiger partial charge is 0.301 e. The zero-order chi connectivity index (χ0) is 18.0. The largest absolute Gasteiger partial charge is 0.384 e. The van der Waals surface area contributed by atoms with Gasteiger partial charge < -0.3 is 10.4 Å². The summed E-state index contributed by atoms with van der Waals surface area (Å²) in [6.07, 6.45) is 1.59. The summed E-state index contributed by atoms with van der Waals surface area (Å²) < 4.78 is 0. The molecule has 0 radical (unpaired) electrons. The number of anilines is 1. The van der Waals surface area contributed by atoms with Gasteiger partial charge in [-0.2, -0.15) is 0 Å². The summed E-state index contributed by atoms with van der Waals surface area (Å²) in [5.74, 6) is 0. The van der Waals surface area contributed by atoms with E-state index in [1.807, 2.05) is 0 Å². The van der Waals surface area contributed by atoms with Gasteiger partial charge in [-0.1, -0.05) is 23.7 Å². The maximum absolute atomic E-state index is 11.5. The van der Waals surface area contributed by atoms with Gasteiger partial charge in [-0.25, -0.2) is 0 Å². The second-order valence-corrected chi connectivity index (χ2v) is 6.36. The van der Waals surface area contributed by atoms with Crippen LogP contribution in [0.2, 0.25) is 5.02 Å². The molecule has 7 heteroatoms. The Labute approximate surface area is 149 Å². The maximum Gasteiger partial charge on any atom is 0.301 e. The fraction of sp³-hybridized carbons (Fsp3) is 0.167. The molecule has 0 aliphatic carbocycles. The van der Waals surface area contributed by atoms with Crippen molar-refractivity contribution in [1.82, 2.24) is 4.98 Å². The first-order valence-corrected chi connectivity index (χ1v) is 8.01. The molecule has 0 spiro atoms. The van der Waals surface area contributed by atoms with Crippen LogP contribution in [0.5, 0.6) is 0 Å². The van der Waals surface area contributed by atoms with Gasteiger partial charge in [0.2, 0.25) is 0 Å². The number of nitro groups is 1. The van der Waals surface area contributed by atoms with Crippen molar-refractivity contribution >= 4 is 33.9 Å². The van der Waals surface area contributed by atoms with Gasteiger partial charge in [-0.05, 0) is 48.9 Å². The Morgan fingerprint density at radius 2 is 2.08 bits per heavy atom. The van der Waals surface area contributed by atoms with E-state index in [0.29, 0.717) is 27.2 Å². The van der Waals surface area contributed by atoms with Crippen molar-refractivity contribution in [3.63, 3.8) is 0 Å². The minimum absolute atomic E-state index is 0.0625. The molecular formula is C18H16ClN3O3. The number of nitrogens with one attached hydrogen (secondary N) is 1. The average molecular weight is 358 g/mol. The van der Waals surface area contributed by atoms with Crippen LogP contribution in [-0.2, 0) is 5.60 Å². The van der Waals surface area contributed by atoms with Crippen LogP contribution in [0.25, 0.3) is 10.9 Å². The first-order chi connectivity index (χ1) is 11.9. The number of nitrogens with zero attached hydrogens (tertiary/aromatic N) is 2. The third-order valence-electron chi connectivity index (χ3n) is 4.01. The van der Waals surface area contributed by atoms with Gasteiger partial charge in [0.25, 0.3) is 0 Å². The van der Waals surface area contributed by atoms with Gasteiger partial charge >= 0.3 is 5.69 Å². The van der Waals surface area contributed by atoms with Crippen molar-refractivity contribution in [2.24, 2.45) is 0 Å². The highest BCUT2D eigenvalue weighted by Crippen LogP contribution is 2.33. The molecule has 0 amide bonds. The second kappa shape index (κ2) is 6.66. The van der Waals surface area contributed by atoms with Crippen molar-refractivity contribution in [1.29, 1.82) is 0 Å². The number of hydrogen-bond donors (Lipinski definition) is 2. The molecule has 1 heterocycles. The molecular weight excluding hydrogens is 342 g/mol. The molecule has 0 bridgehead atoms. The maximum atomic E-state index is 11.5. The van der Waals surface area contributed by atoms with Crippen molar-refractivity contribution < 1.29 is 10.0 Å². The highest BCUT2D eigenvalue weighted by molar-refractivity contribution is 6.30. The number of hydrogen-bond acceptors (Lipinski definition) is 5. The number of aliphatic hydroxyl groups is 1. The van der Waals surface area contributed by atoms with Crippen LogP contribution >= 0.6 is 11.6 Å². The Balaban J connectivity index is 1.93. The van der Waals surface area contributed by atoms with Gasteiger partial charge in [0.1, 0.15) is 11.3 Å². The van der Waals surface area contributed by atoms with E-state index in [1.54, 1.807) is 61.7 Å². The molecule has 6 nitrogen and oxygen atoms in total. The normalized spacial score (nSPS) is 13.4. The summed E-state index contributed by atoms with van der Waals surface area (Å²) in [4.78, 5) is 15.2.